The highest BCUT2D eigenvalue weighted by atomic mass is 16.2. The number of hydrogen-bond donors (Lipinski definition) is 6. The lowest BCUT2D eigenvalue weighted by molar-refractivity contribution is -0.137. The number of aryl methyl sites for hydroxylation is 1. The third-order valence-electron chi connectivity index (χ3n) is 6.33. The van der Waals surface area contributed by atoms with E-state index in [4.69, 9.17) is 11.5 Å². The van der Waals surface area contributed by atoms with E-state index in [1.807, 2.05) is 24.3 Å². The molecule has 0 bridgehead atoms. The number of nitrogens with one attached hydrogen (secondary N) is 4. The van der Waals surface area contributed by atoms with Gasteiger partial charge in [-0.1, -0.05) is 32.0 Å². The summed E-state index contributed by atoms with van der Waals surface area (Å²) in [6.45, 7) is 4.79. The molecule has 0 spiro atoms. The Bertz CT molecular complexity index is 1170. The molecular formula is C24H32N6O5. The number of nitrogens with two attached hydrogens (primary N) is 2. The predicted octanol–water partition coefficient (Wildman–Crippen LogP) is -0.482. The van der Waals surface area contributed by atoms with Crippen LogP contribution in [0.25, 0.3) is 10.9 Å². The van der Waals surface area contributed by atoms with E-state index in [9.17, 15) is 24.0 Å². The van der Waals surface area contributed by atoms with Gasteiger partial charge in [0.2, 0.25) is 29.5 Å². The fraction of sp³-hybridized carbons (Fsp3) is 0.458. The standard InChI is InChI=1S/C24H32N6O5/c1-12(2)20(22(34)28-18(21(26)33)10-19(25)32)29-23(35)24(30-13(3)31)9-8-17-15(11-24)14-6-4-5-7-16(14)27-17/h4-7,12,18,20,27H,8-11H2,1-3H3,(H2,25,32)(H2,26,33)(H,28,34)(H,29,35)(H,30,31)/t18-,20-,24-/m0/s1. The average molecular weight is 485 g/mol. The summed E-state index contributed by atoms with van der Waals surface area (Å²) in [5.41, 5.74) is 12.1. The molecule has 1 aliphatic carbocycles. The third-order valence-corrected chi connectivity index (χ3v) is 6.33. The van der Waals surface area contributed by atoms with Crippen molar-refractivity contribution in [3.8, 4) is 0 Å². The van der Waals surface area contributed by atoms with E-state index >= 15 is 0 Å². The molecule has 3 rings (SSSR count). The Morgan fingerprint density at radius 1 is 1.09 bits per heavy atom. The maximum absolute atomic E-state index is 13.7. The monoisotopic (exact) mass is 484 g/mol. The van der Waals surface area contributed by atoms with Crippen molar-refractivity contribution < 1.29 is 24.0 Å². The molecule has 0 unspecified atom stereocenters. The van der Waals surface area contributed by atoms with Gasteiger partial charge in [0.25, 0.3) is 0 Å². The minimum atomic E-state index is -1.30. The first-order chi connectivity index (χ1) is 16.4. The van der Waals surface area contributed by atoms with E-state index in [1.54, 1.807) is 13.8 Å². The molecule has 1 aromatic carbocycles. The van der Waals surface area contributed by atoms with Crippen LogP contribution in [0.15, 0.2) is 24.3 Å². The number of para-hydroxylation sites is 1. The second-order valence-electron chi connectivity index (χ2n) is 9.40. The predicted molar refractivity (Wildman–Crippen MR) is 129 cm³/mol. The van der Waals surface area contributed by atoms with Gasteiger partial charge in [0.05, 0.1) is 6.42 Å². The van der Waals surface area contributed by atoms with Crippen molar-refractivity contribution in [3.05, 3.63) is 35.5 Å². The SMILES string of the molecule is CC(=O)N[C@@]1(C(=O)N[C@H](C(=O)N[C@@H](CC(N)=O)C(N)=O)C(C)C)CCc2[nH]c3ccccc3c2C1. The molecule has 0 saturated heterocycles. The van der Waals surface area contributed by atoms with Crippen molar-refractivity contribution in [1.82, 2.24) is 20.9 Å². The summed E-state index contributed by atoms with van der Waals surface area (Å²) < 4.78 is 0. The number of carbonyl (C=O) groups is 5. The average Bonchev–Trinajstić information content (AvgIpc) is 3.13. The Morgan fingerprint density at radius 2 is 1.77 bits per heavy atom. The van der Waals surface area contributed by atoms with Gasteiger partial charge in [0, 0.05) is 29.9 Å². The van der Waals surface area contributed by atoms with Gasteiger partial charge in [-0.2, -0.15) is 0 Å². The Labute approximate surface area is 202 Å². The van der Waals surface area contributed by atoms with Crippen LogP contribution in [-0.2, 0) is 36.8 Å². The zero-order valence-corrected chi connectivity index (χ0v) is 20.1. The molecule has 35 heavy (non-hydrogen) atoms. The molecule has 0 saturated carbocycles. The van der Waals surface area contributed by atoms with E-state index in [0.29, 0.717) is 12.8 Å². The number of amides is 5. The van der Waals surface area contributed by atoms with Crippen molar-refractivity contribution in [1.29, 1.82) is 0 Å². The van der Waals surface area contributed by atoms with E-state index in [-0.39, 0.29) is 18.2 Å². The first kappa shape index (κ1) is 25.7. The largest absolute Gasteiger partial charge is 0.370 e. The number of H-pyrrole nitrogens is 1. The van der Waals surface area contributed by atoms with Gasteiger partial charge in [0.1, 0.15) is 17.6 Å². The van der Waals surface area contributed by atoms with Crippen LogP contribution in [0.5, 0.6) is 0 Å². The lowest BCUT2D eigenvalue weighted by Crippen LogP contribution is -2.65. The number of fused-ring (bicyclic) bond motifs is 3. The number of aromatic amines is 1. The minimum Gasteiger partial charge on any atom is -0.370 e. The van der Waals surface area contributed by atoms with E-state index in [2.05, 4.69) is 20.9 Å². The highest BCUT2D eigenvalue weighted by Gasteiger charge is 2.45. The molecule has 1 aliphatic rings. The molecule has 11 nitrogen and oxygen atoms in total. The number of aromatic nitrogens is 1. The lowest BCUT2D eigenvalue weighted by Gasteiger charge is -2.38. The van der Waals surface area contributed by atoms with Gasteiger partial charge in [-0.15, -0.1) is 0 Å². The van der Waals surface area contributed by atoms with Gasteiger partial charge in [-0.25, -0.2) is 0 Å². The summed E-state index contributed by atoms with van der Waals surface area (Å²) in [6, 6.07) is 5.39. The molecule has 0 radical (unpaired) electrons. The van der Waals surface area contributed by atoms with Crippen molar-refractivity contribution in [3.63, 3.8) is 0 Å². The Hall–Kier alpha value is -3.89. The van der Waals surface area contributed by atoms with Crippen molar-refractivity contribution in [2.24, 2.45) is 17.4 Å². The zero-order valence-electron chi connectivity index (χ0n) is 20.1. The summed E-state index contributed by atoms with van der Waals surface area (Å²) in [7, 11) is 0. The number of benzene rings is 1. The van der Waals surface area contributed by atoms with Crippen molar-refractivity contribution >= 4 is 40.4 Å². The summed E-state index contributed by atoms with van der Waals surface area (Å²) in [5, 5.41) is 8.96. The van der Waals surface area contributed by atoms with E-state index in [0.717, 1.165) is 22.2 Å². The second-order valence-corrected chi connectivity index (χ2v) is 9.40. The van der Waals surface area contributed by atoms with Crippen LogP contribution in [0.3, 0.4) is 0 Å². The molecule has 3 atom stereocenters. The van der Waals surface area contributed by atoms with Crippen LogP contribution in [0.1, 0.15) is 44.9 Å². The topological polar surface area (TPSA) is 189 Å². The van der Waals surface area contributed by atoms with Crippen LogP contribution >= 0.6 is 0 Å². The molecule has 1 aromatic heterocycles. The van der Waals surface area contributed by atoms with Gasteiger partial charge in [-0.05, 0) is 30.4 Å². The molecule has 0 fully saturated rings. The fourth-order valence-corrected chi connectivity index (χ4v) is 4.59. The van der Waals surface area contributed by atoms with Crippen LogP contribution in [0.4, 0.5) is 0 Å². The fourth-order valence-electron chi connectivity index (χ4n) is 4.59. The maximum Gasteiger partial charge on any atom is 0.246 e. The highest BCUT2D eigenvalue weighted by molar-refractivity contribution is 5.98. The number of carbonyl (C=O) groups excluding carboxylic acids is 5. The molecule has 2 aromatic rings. The zero-order chi connectivity index (χ0) is 25.9. The van der Waals surface area contributed by atoms with Crippen molar-refractivity contribution in [2.75, 3.05) is 0 Å². The normalized spacial score (nSPS) is 18.9. The molecule has 8 N–H and O–H groups in total. The smallest absolute Gasteiger partial charge is 0.246 e. The molecule has 5 amide bonds. The molecule has 0 aliphatic heterocycles. The molecule has 188 valence electrons. The first-order valence-electron chi connectivity index (χ1n) is 11.5. The summed E-state index contributed by atoms with van der Waals surface area (Å²) in [6.07, 6.45) is 0.643. The molecule has 1 heterocycles. The lowest BCUT2D eigenvalue weighted by atomic mass is 9.78. The van der Waals surface area contributed by atoms with Crippen LogP contribution in [0, 0.1) is 5.92 Å². The van der Waals surface area contributed by atoms with Crippen molar-refractivity contribution in [2.45, 2.75) is 64.1 Å². The highest BCUT2D eigenvalue weighted by Crippen LogP contribution is 2.34. The van der Waals surface area contributed by atoms with Gasteiger partial charge >= 0.3 is 0 Å². The van der Waals surface area contributed by atoms with Gasteiger partial charge in [-0.3, -0.25) is 24.0 Å². The minimum absolute atomic E-state index is 0.246. The van der Waals surface area contributed by atoms with Crippen LogP contribution in [0.2, 0.25) is 0 Å². The Kier molecular flexibility index (Phi) is 7.47. The number of hydrogen-bond acceptors (Lipinski definition) is 5. The summed E-state index contributed by atoms with van der Waals surface area (Å²) in [4.78, 5) is 65.1. The number of primary amides is 2. The first-order valence-corrected chi connectivity index (χ1v) is 11.5. The number of rotatable bonds is 9. The molecular weight excluding hydrogens is 452 g/mol. The maximum atomic E-state index is 13.7. The Balaban J connectivity index is 1.87. The van der Waals surface area contributed by atoms with Gasteiger partial charge in [0.15, 0.2) is 0 Å². The summed E-state index contributed by atoms with van der Waals surface area (Å²) in [5.74, 6) is -3.66. The van der Waals surface area contributed by atoms with E-state index < -0.39 is 47.7 Å². The van der Waals surface area contributed by atoms with E-state index in [1.165, 1.54) is 6.92 Å². The Morgan fingerprint density at radius 3 is 2.37 bits per heavy atom. The summed E-state index contributed by atoms with van der Waals surface area (Å²) >= 11 is 0. The van der Waals surface area contributed by atoms with Gasteiger partial charge < -0.3 is 32.4 Å². The molecule has 11 heteroatoms. The third kappa shape index (κ3) is 5.61. The quantitative estimate of drug-likeness (QED) is 0.280. The van der Waals surface area contributed by atoms with Crippen LogP contribution in [-0.4, -0.2) is 52.1 Å². The second kappa shape index (κ2) is 10.2. The van der Waals surface area contributed by atoms with Crippen LogP contribution < -0.4 is 27.4 Å².